The average molecular weight is 337 g/mol. The second kappa shape index (κ2) is 7.82. The zero-order chi connectivity index (χ0) is 15.9. The van der Waals surface area contributed by atoms with E-state index in [2.05, 4.69) is 10.5 Å². The van der Waals surface area contributed by atoms with E-state index in [-0.39, 0.29) is 16.7 Å². The van der Waals surface area contributed by atoms with Crippen LogP contribution in [0.5, 0.6) is 5.75 Å². The van der Waals surface area contributed by atoms with E-state index in [0.29, 0.717) is 23.4 Å². The summed E-state index contributed by atoms with van der Waals surface area (Å²) in [5, 5.41) is 14.0. The Balaban J connectivity index is 1.88. The van der Waals surface area contributed by atoms with Gasteiger partial charge in [-0.1, -0.05) is 53.5 Å². The molecule has 0 saturated carbocycles. The molecule has 0 aliphatic carbocycles. The third kappa shape index (κ3) is 4.76. The molecule has 0 aliphatic heterocycles. The van der Waals surface area contributed by atoms with Gasteiger partial charge in [-0.05, 0) is 24.1 Å². The first-order valence-corrected chi connectivity index (χ1v) is 7.35. The van der Waals surface area contributed by atoms with Crippen molar-refractivity contribution in [3.63, 3.8) is 0 Å². The zero-order valence-electron chi connectivity index (χ0n) is 11.6. The number of rotatable bonds is 5. The molecule has 0 atom stereocenters. The molecule has 0 unspecified atom stereocenters. The van der Waals surface area contributed by atoms with Gasteiger partial charge in [0.15, 0.2) is 0 Å². The third-order valence-electron chi connectivity index (χ3n) is 2.93. The fourth-order valence-corrected chi connectivity index (χ4v) is 2.33. The molecule has 114 valence electrons. The van der Waals surface area contributed by atoms with Crippen molar-refractivity contribution >= 4 is 35.3 Å². The maximum Gasteiger partial charge on any atom is 0.240 e. The monoisotopic (exact) mass is 336 g/mol. The van der Waals surface area contributed by atoms with E-state index in [1.807, 2.05) is 30.3 Å². The number of hydrogen-bond donors (Lipinski definition) is 2. The highest BCUT2D eigenvalue weighted by atomic mass is 35.5. The molecule has 0 saturated heterocycles. The lowest BCUT2D eigenvalue weighted by Gasteiger charge is -2.03. The van der Waals surface area contributed by atoms with Crippen LogP contribution in [0.1, 0.15) is 17.5 Å². The molecule has 0 fully saturated rings. The van der Waals surface area contributed by atoms with Crippen LogP contribution < -0.4 is 5.43 Å². The summed E-state index contributed by atoms with van der Waals surface area (Å²) in [7, 11) is 0. The van der Waals surface area contributed by atoms with Gasteiger partial charge in [0.1, 0.15) is 5.75 Å². The van der Waals surface area contributed by atoms with Crippen LogP contribution in [0, 0.1) is 0 Å². The van der Waals surface area contributed by atoms with Gasteiger partial charge in [0.2, 0.25) is 5.91 Å². The van der Waals surface area contributed by atoms with E-state index >= 15 is 0 Å². The van der Waals surface area contributed by atoms with Gasteiger partial charge in [0.25, 0.3) is 0 Å². The van der Waals surface area contributed by atoms with E-state index in [4.69, 9.17) is 23.2 Å². The summed E-state index contributed by atoms with van der Waals surface area (Å²) in [4.78, 5) is 11.7. The lowest BCUT2D eigenvalue weighted by Crippen LogP contribution is -2.17. The molecular weight excluding hydrogens is 323 g/mol. The number of aryl methyl sites for hydroxylation is 1. The van der Waals surface area contributed by atoms with Crippen LogP contribution in [0.2, 0.25) is 10.0 Å². The lowest BCUT2D eigenvalue weighted by atomic mass is 10.1. The summed E-state index contributed by atoms with van der Waals surface area (Å²) in [5.74, 6) is -0.346. The van der Waals surface area contributed by atoms with Gasteiger partial charge in [-0.15, -0.1) is 0 Å². The van der Waals surface area contributed by atoms with Gasteiger partial charge < -0.3 is 5.11 Å². The maximum atomic E-state index is 11.7. The first kappa shape index (κ1) is 16.3. The highest BCUT2D eigenvalue weighted by Crippen LogP contribution is 2.29. The number of benzene rings is 2. The van der Waals surface area contributed by atoms with E-state index in [0.717, 1.165) is 5.56 Å². The third-order valence-corrected chi connectivity index (χ3v) is 3.44. The van der Waals surface area contributed by atoms with Crippen LogP contribution in [0.4, 0.5) is 0 Å². The van der Waals surface area contributed by atoms with Crippen LogP contribution in [-0.4, -0.2) is 17.2 Å². The van der Waals surface area contributed by atoms with Crippen molar-refractivity contribution in [2.24, 2.45) is 5.10 Å². The SMILES string of the molecule is O=C(CCc1ccccc1)N/N=C\c1cc(Cl)cc(Cl)c1O. The molecule has 2 aromatic rings. The van der Waals surface area contributed by atoms with Gasteiger partial charge >= 0.3 is 0 Å². The molecule has 4 nitrogen and oxygen atoms in total. The minimum Gasteiger partial charge on any atom is -0.506 e. The summed E-state index contributed by atoms with van der Waals surface area (Å²) in [6.07, 6.45) is 2.26. The van der Waals surface area contributed by atoms with E-state index < -0.39 is 0 Å². The summed E-state index contributed by atoms with van der Waals surface area (Å²) >= 11 is 11.6. The lowest BCUT2D eigenvalue weighted by molar-refractivity contribution is -0.121. The summed E-state index contributed by atoms with van der Waals surface area (Å²) in [5.41, 5.74) is 3.82. The quantitative estimate of drug-likeness (QED) is 0.644. The van der Waals surface area contributed by atoms with Gasteiger partial charge in [-0.3, -0.25) is 4.79 Å². The molecule has 2 N–H and O–H groups in total. The standard InChI is InChI=1S/C16H14Cl2N2O2/c17-13-8-12(16(22)14(18)9-13)10-19-20-15(21)7-6-11-4-2-1-3-5-11/h1-5,8-10,22H,6-7H2,(H,20,21)/b19-10-. The molecule has 6 heteroatoms. The van der Waals surface area contributed by atoms with Crippen LogP contribution in [0.3, 0.4) is 0 Å². The molecule has 0 bridgehead atoms. The number of amides is 1. The summed E-state index contributed by atoms with van der Waals surface area (Å²) in [6, 6.07) is 12.6. The second-order valence-corrected chi connectivity index (χ2v) is 5.45. The highest BCUT2D eigenvalue weighted by molar-refractivity contribution is 6.36. The van der Waals surface area contributed by atoms with E-state index in [1.54, 1.807) is 0 Å². The Kier molecular flexibility index (Phi) is 5.81. The van der Waals surface area contributed by atoms with Gasteiger partial charge in [0, 0.05) is 17.0 Å². The number of phenolic OH excluding ortho intramolecular Hbond substituents is 1. The first-order chi connectivity index (χ1) is 10.6. The number of nitrogens with one attached hydrogen (secondary N) is 1. The van der Waals surface area contributed by atoms with Crippen LogP contribution in [-0.2, 0) is 11.2 Å². The molecule has 0 aliphatic rings. The molecule has 0 radical (unpaired) electrons. The Morgan fingerprint density at radius 3 is 2.68 bits per heavy atom. The van der Waals surface area contributed by atoms with Crippen molar-refractivity contribution in [2.75, 3.05) is 0 Å². The molecule has 0 aromatic heterocycles. The predicted molar refractivity (Wildman–Crippen MR) is 88.6 cm³/mol. The van der Waals surface area contributed by atoms with Gasteiger partial charge in [-0.2, -0.15) is 5.10 Å². The number of hydrogen-bond acceptors (Lipinski definition) is 3. The molecule has 2 rings (SSSR count). The minimum absolute atomic E-state index is 0.129. The average Bonchev–Trinajstić information content (AvgIpc) is 2.51. The van der Waals surface area contributed by atoms with E-state index in [1.165, 1.54) is 18.3 Å². The second-order valence-electron chi connectivity index (χ2n) is 4.60. The number of nitrogens with zero attached hydrogens (tertiary/aromatic N) is 1. The number of carbonyl (C=O) groups is 1. The number of phenols is 1. The van der Waals surface area contributed by atoms with Crippen molar-refractivity contribution in [3.8, 4) is 5.75 Å². The Morgan fingerprint density at radius 2 is 1.95 bits per heavy atom. The van der Waals surface area contributed by atoms with Crippen LogP contribution in [0.15, 0.2) is 47.6 Å². The predicted octanol–water partition coefficient (Wildman–Crippen LogP) is 3.78. The fraction of sp³-hybridized carbons (Fsp3) is 0.125. The van der Waals surface area contributed by atoms with Gasteiger partial charge in [0.05, 0.1) is 11.2 Å². The number of aromatic hydroxyl groups is 1. The zero-order valence-corrected chi connectivity index (χ0v) is 13.1. The molecule has 2 aromatic carbocycles. The normalized spacial score (nSPS) is 10.8. The van der Waals surface area contributed by atoms with Gasteiger partial charge in [-0.25, -0.2) is 5.43 Å². The summed E-state index contributed by atoms with van der Waals surface area (Å²) in [6.45, 7) is 0. The molecule has 22 heavy (non-hydrogen) atoms. The maximum absolute atomic E-state index is 11.7. The van der Waals surface area contributed by atoms with Crippen molar-refractivity contribution in [1.82, 2.24) is 5.43 Å². The van der Waals surface area contributed by atoms with Crippen molar-refractivity contribution < 1.29 is 9.90 Å². The largest absolute Gasteiger partial charge is 0.506 e. The van der Waals surface area contributed by atoms with Crippen LogP contribution >= 0.6 is 23.2 Å². The first-order valence-electron chi connectivity index (χ1n) is 6.60. The topological polar surface area (TPSA) is 61.7 Å². The number of carbonyl (C=O) groups excluding carboxylic acids is 1. The Labute approximate surface area is 138 Å². The van der Waals surface area contributed by atoms with E-state index in [9.17, 15) is 9.90 Å². The molecule has 0 spiro atoms. The number of halogens is 2. The smallest absolute Gasteiger partial charge is 0.240 e. The fourth-order valence-electron chi connectivity index (χ4n) is 1.82. The Bertz CT molecular complexity index is 688. The molecule has 0 heterocycles. The highest BCUT2D eigenvalue weighted by Gasteiger charge is 2.06. The summed E-state index contributed by atoms with van der Waals surface area (Å²) < 4.78 is 0. The van der Waals surface area contributed by atoms with Crippen molar-refractivity contribution in [3.05, 3.63) is 63.6 Å². The Hall–Kier alpha value is -2.04. The number of hydrazone groups is 1. The van der Waals surface area contributed by atoms with Crippen molar-refractivity contribution in [1.29, 1.82) is 0 Å². The van der Waals surface area contributed by atoms with Crippen molar-refractivity contribution in [2.45, 2.75) is 12.8 Å². The molecular formula is C16H14Cl2N2O2. The Morgan fingerprint density at radius 1 is 1.23 bits per heavy atom. The van der Waals surface area contributed by atoms with Crippen LogP contribution in [0.25, 0.3) is 0 Å². The molecule has 1 amide bonds. The minimum atomic E-state index is -0.215.